The molecule has 0 atom stereocenters. The Kier molecular flexibility index (Phi) is 3.96. The Balaban J connectivity index is 2.11. The maximum absolute atomic E-state index is 12.2. The van der Waals surface area contributed by atoms with Crippen LogP contribution in [0, 0.1) is 0 Å². The lowest BCUT2D eigenvalue weighted by molar-refractivity contribution is -0.129. The maximum Gasteiger partial charge on any atom is 0.272 e. The number of aromatic nitrogens is 1. The molecule has 1 aromatic rings. The van der Waals surface area contributed by atoms with Crippen LogP contribution in [0.1, 0.15) is 16.9 Å². The highest BCUT2D eigenvalue weighted by molar-refractivity contribution is 5.95. The van der Waals surface area contributed by atoms with Crippen LogP contribution in [0.2, 0.25) is 0 Å². The Morgan fingerprint density at radius 1 is 1.42 bits per heavy atom. The van der Waals surface area contributed by atoms with Gasteiger partial charge in [-0.3, -0.25) is 15.4 Å². The molecule has 1 saturated heterocycles. The summed E-state index contributed by atoms with van der Waals surface area (Å²) < 4.78 is 0. The number of nitrogen functional groups attached to an aromatic ring is 1. The lowest BCUT2D eigenvalue weighted by Crippen LogP contribution is -2.38. The van der Waals surface area contributed by atoms with Crippen LogP contribution in [-0.2, 0) is 4.79 Å². The zero-order chi connectivity index (χ0) is 13.8. The SMILES string of the molecule is CN1CCCN(C(=O)c2ccc(NN)cn2)CC1=O. The third-order valence-corrected chi connectivity index (χ3v) is 3.11. The number of hydrogen-bond acceptors (Lipinski definition) is 5. The predicted octanol–water partition coefficient (Wildman–Crippen LogP) is -0.328. The molecular weight excluding hydrogens is 246 g/mol. The largest absolute Gasteiger partial charge is 0.344 e. The molecule has 0 bridgehead atoms. The number of nitrogens with one attached hydrogen (secondary N) is 1. The Labute approximate surface area is 111 Å². The van der Waals surface area contributed by atoms with E-state index in [2.05, 4.69) is 10.4 Å². The summed E-state index contributed by atoms with van der Waals surface area (Å²) in [5, 5.41) is 0. The summed E-state index contributed by atoms with van der Waals surface area (Å²) in [5.74, 6) is 4.96. The van der Waals surface area contributed by atoms with E-state index in [-0.39, 0.29) is 18.4 Å². The molecule has 3 N–H and O–H groups in total. The van der Waals surface area contributed by atoms with Gasteiger partial charge in [-0.15, -0.1) is 0 Å². The Hall–Kier alpha value is -2.15. The van der Waals surface area contributed by atoms with Crippen molar-refractivity contribution in [2.45, 2.75) is 6.42 Å². The van der Waals surface area contributed by atoms with Crippen LogP contribution < -0.4 is 11.3 Å². The van der Waals surface area contributed by atoms with Crippen molar-refractivity contribution in [2.75, 3.05) is 32.1 Å². The predicted molar refractivity (Wildman–Crippen MR) is 70.2 cm³/mol. The molecule has 7 heteroatoms. The molecule has 0 saturated carbocycles. The highest BCUT2D eigenvalue weighted by Gasteiger charge is 2.24. The van der Waals surface area contributed by atoms with Gasteiger partial charge in [0.1, 0.15) is 12.2 Å². The number of pyridine rings is 1. The van der Waals surface area contributed by atoms with Gasteiger partial charge < -0.3 is 15.2 Å². The van der Waals surface area contributed by atoms with E-state index in [1.54, 1.807) is 24.1 Å². The Morgan fingerprint density at radius 3 is 2.84 bits per heavy atom. The third-order valence-electron chi connectivity index (χ3n) is 3.11. The summed E-state index contributed by atoms with van der Waals surface area (Å²) in [7, 11) is 1.75. The van der Waals surface area contributed by atoms with E-state index in [0.29, 0.717) is 24.5 Å². The van der Waals surface area contributed by atoms with Crippen molar-refractivity contribution < 1.29 is 9.59 Å². The van der Waals surface area contributed by atoms with Gasteiger partial charge in [-0.2, -0.15) is 0 Å². The second-order valence-corrected chi connectivity index (χ2v) is 4.47. The molecule has 7 nitrogen and oxygen atoms in total. The zero-order valence-corrected chi connectivity index (χ0v) is 10.8. The molecule has 1 aliphatic heterocycles. The Morgan fingerprint density at radius 2 is 2.21 bits per heavy atom. The van der Waals surface area contributed by atoms with E-state index in [1.165, 1.54) is 11.1 Å². The van der Waals surface area contributed by atoms with E-state index in [0.717, 1.165) is 6.42 Å². The van der Waals surface area contributed by atoms with Crippen LogP contribution in [0.5, 0.6) is 0 Å². The number of anilines is 1. The van der Waals surface area contributed by atoms with E-state index in [4.69, 9.17) is 5.84 Å². The Bertz CT molecular complexity index is 474. The van der Waals surface area contributed by atoms with Gasteiger partial charge in [-0.05, 0) is 18.6 Å². The first-order chi connectivity index (χ1) is 9.11. The smallest absolute Gasteiger partial charge is 0.272 e. The summed E-state index contributed by atoms with van der Waals surface area (Å²) in [6.45, 7) is 1.34. The minimum atomic E-state index is -0.229. The average Bonchev–Trinajstić information content (AvgIpc) is 2.60. The second kappa shape index (κ2) is 5.66. The van der Waals surface area contributed by atoms with Crippen molar-refractivity contribution in [1.82, 2.24) is 14.8 Å². The minimum Gasteiger partial charge on any atom is -0.344 e. The first-order valence-corrected chi connectivity index (χ1v) is 6.07. The van der Waals surface area contributed by atoms with Crippen molar-refractivity contribution >= 4 is 17.5 Å². The van der Waals surface area contributed by atoms with E-state index in [9.17, 15) is 9.59 Å². The van der Waals surface area contributed by atoms with Gasteiger partial charge in [0, 0.05) is 20.1 Å². The molecule has 0 unspecified atom stereocenters. The molecule has 19 heavy (non-hydrogen) atoms. The molecule has 2 amide bonds. The molecule has 0 spiro atoms. The topological polar surface area (TPSA) is 91.6 Å². The first-order valence-electron chi connectivity index (χ1n) is 6.07. The van der Waals surface area contributed by atoms with E-state index in [1.807, 2.05) is 0 Å². The number of rotatable bonds is 2. The summed E-state index contributed by atoms with van der Waals surface area (Å²) in [6.07, 6.45) is 2.26. The van der Waals surface area contributed by atoms with Crippen molar-refractivity contribution in [1.29, 1.82) is 0 Å². The van der Waals surface area contributed by atoms with Gasteiger partial charge in [-0.25, -0.2) is 4.98 Å². The number of likely N-dealkylation sites (N-methyl/N-ethyl adjacent to an activating group) is 1. The highest BCUT2D eigenvalue weighted by Crippen LogP contribution is 2.10. The number of carbonyl (C=O) groups is 2. The van der Waals surface area contributed by atoms with Gasteiger partial charge in [-0.1, -0.05) is 0 Å². The van der Waals surface area contributed by atoms with Crippen molar-refractivity contribution in [3.05, 3.63) is 24.0 Å². The standard InChI is InChI=1S/C12H17N5O2/c1-16-5-2-6-17(8-11(16)18)12(19)10-4-3-9(15-13)7-14-10/h3-4,7,15H,2,5-6,8,13H2,1H3. The molecular formula is C12H17N5O2. The van der Waals surface area contributed by atoms with Gasteiger partial charge in [0.15, 0.2) is 0 Å². The molecule has 0 aliphatic carbocycles. The minimum absolute atomic E-state index is 0.0499. The lowest BCUT2D eigenvalue weighted by atomic mass is 10.3. The van der Waals surface area contributed by atoms with Gasteiger partial charge in [0.05, 0.1) is 11.9 Å². The fourth-order valence-electron chi connectivity index (χ4n) is 1.93. The normalized spacial score (nSPS) is 16.2. The number of nitrogens with two attached hydrogens (primary N) is 1. The molecule has 2 rings (SSSR count). The molecule has 102 valence electrons. The number of carbonyl (C=O) groups excluding carboxylic acids is 2. The van der Waals surface area contributed by atoms with Crippen LogP contribution in [0.25, 0.3) is 0 Å². The van der Waals surface area contributed by atoms with Crippen LogP contribution in [-0.4, -0.2) is 53.3 Å². The van der Waals surface area contributed by atoms with Crippen molar-refractivity contribution in [2.24, 2.45) is 5.84 Å². The first kappa shape index (κ1) is 13.3. The molecule has 1 aliphatic rings. The van der Waals surface area contributed by atoms with Crippen LogP contribution in [0.4, 0.5) is 5.69 Å². The molecule has 2 heterocycles. The maximum atomic E-state index is 12.2. The summed E-state index contributed by atoms with van der Waals surface area (Å²) in [4.78, 5) is 31.2. The van der Waals surface area contributed by atoms with Crippen LogP contribution in [0.3, 0.4) is 0 Å². The van der Waals surface area contributed by atoms with Crippen molar-refractivity contribution in [3.63, 3.8) is 0 Å². The molecule has 0 radical (unpaired) electrons. The molecule has 0 aromatic carbocycles. The lowest BCUT2D eigenvalue weighted by Gasteiger charge is -2.19. The third kappa shape index (κ3) is 3.00. The van der Waals surface area contributed by atoms with Gasteiger partial charge in [0.25, 0.3) is 5.91 Å². The quantitative estimate of drug-likeness (QED) is 0.563. The van der Waals surface area contributed by atoms with E-state index < -0.39 is 0 Å². The molecule has 1 aromatic heterocycles. The van der Waals surface area contributed by atoms with Crippen LogP contribution >= 0.6 is 0 Å². The fourth-order valence-corrected chi connectivity index (χ4v) is 1.93. The molecule has 1 fully saturated rings. The average molecular weight is 263 g/mol. The van der Waals surface area contributed by atoms with Gasteiger partial charge >= 0.3 is 0 Å². The fraction of sp³-hybridized carbons (Fsp3) is 0.417. The number of hydrogen-bond donors (Lipinski definition) is 2. The van der Waals surface area contributed by atoms with E-state index >= 15 is 0 Å². The number of nitrogens with zero attached hydrogens (tertiary/aromatic N) is 3. The second-order valence-electron chi connectivity index (χ2n) is 4.47. The highest BCUT2D eigenvalue weighted by atomic mass is 16.2. The monoisotopic (exact) mass is 263 g/mol. The zero-order valence-electron chi connectivity index (χ0n) is 10.8. The van der Waals surface area contributed by atoms with Crippen LogP contribution in [0.15, 0.2) is 18.3 Å². The summed E-state index contributed by atoms with van der Waals surface area (Å²) in [5.41, 5.74) is 3.39. The number of hydrazine groups is 1. The van der Waals surface area contributed by atoms with Crippen molar-refractivity contribution in [3.8, 4) is 0 Å². The van der Waals surface area contributed by atoms with Gasteiger partial charge in [0.2, 0.25) is 5.91 Å². The number of amides is 2. The summed E-state index contributed by atoms with van der Waals surface area (Å²) >= 11 is 0. The summed E-state index contributed by atoms with van der Waals surface area (Å²) in [6, 6.07) is 3.27.